The summed E-state index contributed by atoms with van der Waals surface area (Å²) >= 11 is 2.36. The molecule has 184 valence electrons. The normalized spacial score (nSPS) is 20.3. The minimum Gasteiger partial charge on any atom is -0.360 e. The molecule has 35 heavy (non-hydrogen) atoms. The first-order valence-electron chi connectivity index (χ1n) is 12.5. The fourth-order valence-electron chi connectivity index (χ4n) is 5.42. The van der Waals surface area contributed by atoms with Gasteiger partial charge in [0, 0.05) is 60.5 Å². The lowest BCUT2D eigenvalue weighted by Crippen LogP contribution is -2.56. The molecule has 0 bridgehead atoms. The Labute approximate surface area is 221 Å². The van der Waals surface area contributed by atoms with E-state index >= 15 is 0 Å². The molecule has 0 unspecified atom stereocenters. The van der Waals surface area contributed by atoms with E-state index in [0.717, 1.165) is 57.7 Å². The summed E-state index contributed by atoms with van der Waals surface area (Å²) in [4.78, 5) is 20.7. The molecule has 5 rings (SSSR count). The van der Waals surface area contributed by atoms with E-state index in [4.69, 9.17) is 4.52 Å². The Hall–Kier alpha value is -2.23. The van der Waals surface area contributed by atoms with Gasteiger partial charge < -0.3 is 9.42 Å². The van der Waals surface area contributed by atoms with Gasteiger partial charge in [-0.15, -0.1) is 0 Å². The molecule has 1 atom stereocenters. The summed E-state index contributed by atoms with van der Waals surface area (Å²) in [5, 5.41) is 4.20. The summed E-state index contributed by atoms with van der Waals surface area (Å²) in [5.74, 6) is 0.630. The average Bonchev–Trinajstić information content (AvgIpc) is 3.28. The third-order valence-electron chi connectivity index (χ3n) is 7.49. The van der Waals surface area contributed by atoms with Crippen LogP contribution < -0.4 is 0 Å². The van der Waals surface area contributed by atoms with Gasteiger partial charge in [-0.25, -0.2) is 0 Å². The number of halogens is 1. The monoisotopic (exact) mass is 584 g/mol. The Balaban J connectivity index is 1.17. The zero-order chi connectivity index (χ0) is 24.4. The number of hydrogen-bond acceptors (Lipinski definition) is 5. The zero-order valence-electron chi connectivity index (χ0n) is 20.5. The number of amides is 1. The van der Waals surface area contributed by atoms with E-state index in [-0.39, 0.29) is 5.91 Å². The van der Waals surface area contributed by atoms with E-state index in [0.29, 0.717) is 29.1 Å². The Morgan fingerprint density at radius 2 is 1.74 bits per heavy atom. The Bertz CT molecular complexity index is 1140. The van der Waals surface area contributed by atoms with Crippen LogP contribution >= 0.6 is 22.6 Å². The number of carbonyl (C=O) groups excluding carboxylic acids is 1. The van der Waals surface area contributed by atoms with Crippen molar-refractivity contribution in [1.29, 1.82) is 0 Å². The summed E-state index contributed by atoms with van der Waals surface area (Å²) in [6.07, 6.45) is 2.03. The molecular formula is C28H33IN4O2. The number of rotatable bonds is 5. The largest absolute Gasteiger partial charge is 0.360 e. The second-order valence-corrected chi connectivity index (χ2v) is 11.0. The lowest BCUT2D eigenvalue weighted by atomic mass is 9.99. The summed E-state index contributed by atoms with van der Waals surface area (Å²) < 4.78 is 6.72. The van der Waals surface area contributed by atoms with Gasteiger partial charge in [-0.1, -0.05) is 47.6 Å². The van der Waals surface area contributed by atoms with E-state index in [1.807, 2.05) is 42.2 Å². The van der Waals surface area contributed by atoms with Crippen molar-refractivity contribution in [2.45, 2.75) is 45.3 Å². The van der Waals surface area contributed by atoms with Gasteiger partial charge in [0.05, 0.1) is 0 Å². The second kappa shape index (κ2) is 10.8. The Morgan fingerprint density at radius 1 is 1.03 bits per heavy atom. The van der Waals surface area contributed by atoms with Crippen molar-refractivity contribution < 1.29 is 9.32 Å². The van der Waals surface area contributed by atoms with Crippen LogP contribution in [0.3, 0.4) is 0 Å². The van der Waals surface area contributed by atoms with Crippen molar-refractivity contribution in [3.8, 4) is 11.3 Å². The van der Waals surface area contributed by atoms with Crippen LogP contribution in [0, 0.1) is 10.5 Å². The molecule has 0 saturated carbocycles. The highest BCUT2D eigenvalue weighted by atomic mass is 127. The maximum absolute atomic E-state index is 13.5. The topological polar surface area (TPSA) is 52.8 Å². The third kappa shape index (κ3) is 5.47. The van der Waals surface area contributed by atoms with Crippen molar-refractivity contribution in [2.75, 3.05) is 32.7 Å². The quantitative estimate of drug-likeness (QED) is 0.393. The fourth-order valence-corrected chi connectivity index (χ4v) is 5.78. The van der Waals surface area contributed by atoms with Gasteiger partial charge >= 0.3 is 0 Å². The maximum atomic E-state index is 13.5. The summed E-state index contributed by atoms with van der Waals surface area (Å²) in [7, 11) is 0. The number of likely N-dealkylation sites (tertiary alicyclic amines) is 1. The number of carbonyl (C=O) groups is 1. The first-order chi connectivity index (χ1) is 17.0. The first-order valence-corrected chi connectivity index (χ1v) is 13.6. The second-order valence-electron chi connectivity index (χ2n) is 9.79. The summed E-state index contributed by atoms with van der Waals surface area (Å²) in [5.41, 5.74) is 3.55. The number of nitrogens with zero attached hydrogens (tertiary/aromatic N) is 4. The highest BCUT2D eigenvalue weighted by Crippen LogP contribution is 2.28. The molecule has 2 aliphatic heterocycles. The fraction of sp³-hybridized carbons (Fsp3) is 0.429. The molecular weight excluding hydrogens is 551 g/mol. The van der Waals surface area contributed by atoms with Gasteiger partial charge in [0.25, 0.3) is 5.91 Å². The molecule has 0 N–H and O–H groups in total. The molecule has 0 spiro atoms. The van der Waals surface area contributed by atoms with E-state index < -0.39 is 0 Å². The minimum atomic E-state index is 0.0387. The molecule has 0 aliphatic carbocycles. The zero-order valence-corrected chi connectivity index (χ0v) is 22.6. The van der Waals surface area contributed by atoms with Crippen molar-refractivity contribution in [3.63, 3.8) is 0 Å². The SMILES string of the molecule is Cc1onc(-c2ccccc2)c1C(=O)N1CCC(N2CCN(Cc3ccc(I)cc3)[C@@H](C)C2)CC1. The summed E-state index contributed by atoms with van der Waals surface area (Å²) in [6.45, 7) is 10.0. The number of aromatic nitrogens is 1. The van der Waals surface area contributed by atoms with Crippen LogP contribution in [-0.4, -0.2) is 70.6 Å². The first kappa shape index (κ1) is 24.5. The molecule has 0 radical (unpaired) electrons. The van der Waals surface area contributed by atoms with Gasteiger partial charge in [0.1, 0.15) is 17.0 Å². The molecule has 1 amide bonds. The highest BCUT2D eigenvalue weighted by Gasteiger charge is 2.33. The number of piperidine rings is 1. The summed E-state index contributed by atoms with van der Waals surface area (Å²) in [6, 6.07) is 19.8. The van der Waals surface area contributed by atoms with Crippen LogP contribution in [0.4, 0.5) is 0 Å². The number of hydrogen-bond donors (Lipinski definition) is 0. The van der Waals surface area contributed by atoms with E-state index in [2.05, 4.69) is 68.7 Å². The number of aryl methyl sites for hydroxylation is 1. The Kier molecular flexibility index (Phi) is 7.55. The Morgan fingerprint density at radius 3 is 2.43 bits per heavy atom. The van der Waals surface area contributed by atoms with Gasteiger partial charge in [-0.3, -0.25) is 14.6 Å². The molecule has 3 aromatic rings. The molecule has 2 aliphatic rings. The van der Waals surface area contributed by atoms with E-state index in [1.165, 1.54) is 9.13 Å². The molecule has 1 aromatic heterocycles. The van der Waals surface area contributed by atoms with Crippen LogP contribution in [0.15, 0.2) is 59.1 Å². The number of benzene rings is 2. The van der Waals surface area contributed by atoms with Crippen LogP contribution in [-0.2, 0) is 6.54 Å². The molecule has 6 nitrogen and oxygen atoms in total. The van der Waals surface area contributed by atoms with E-state index in [1.54, 1.807) is 0 Å². The van der Waals surface area contributed by atoms with Crippen LogP contribution in [0.25, 0.3) is 11.3 Å². The predicted octanol–water partition coefficient (Wildman–Crippen LogP) is 5.07. The van der Waals surface area contributed by atoms with Gasteiger partial charge in [0.2, 0.25) is 0 Å². The molecule has 3 heterocycles. The maximum Gasteiger partial charge on any atom is 0.259 e. The molecule has 2 aromatic carbocycles. The average molecular weight is 585 g/mol. The third-order valence-corrected chi connectivity index (χ3v) is 8.21. The van der Waals surface area contributed by atoms with Gasteiger partial charge in [-0.2, -0.15) is 0 Å². The number of piperazine rings is 1. The lowest BCUT2D eigenvalue weighted by Gasteiger charge is -2.45. The highest BCUT2D eigenvalue weighted by molar-refractivity contribution is 14.1. The van der Waals surface area contributed by atoms with Gasteiger partial charge in [0.15, 0.2) is 0 Å². The standard InChI is InChI=1S/C28H33IN4O2/c1-20-18-33(17-16-32(20)19-22-8-10-24(29)11-9-22)25-12-14-31(15-13-25)28(34)26-21(2)35-30-27(26)23-6-4-3-5-7-23/h3-11,20,25H,12-19H2,1-2H3/t20-/m0/s1. The van der Waals surface area contributed by atoms with Crippen LogP contribution in [0.1, 0.15) is 41.4 Å². The molecule has 2 saturated heterocycles. The predicted molar refractivity (Wildman–Crippen MR) is 146 cm³/mol. The van der Waals surface area contributed by atoms with Crippen molar-refractivity contribution in [2.24, 2.45) is 0 Å². The van der Waals surface area contributed by atoms with Gasteiger partial charge in [-0.05, 0) is 67.0 Å². The van der Waals surface area contributed by atoms with Crippen LogP contribution in [0.2, 0.25) is 0 Å². The molecule has 2 fully saturated rings. The minimum absolute atomic E-state index is 0.0387. The smallest absolute Gasteiger partial charge is 0.259 e. The van der Waals surface area contributed by atoms with Crippen molar-refractivity contribution in [3.05, 3.63) is 75.1 Å². The van der Waals surface area contributed by atoms with Crippen molar-refractivity contribution >= 4 is 28.5 Å². The molecule has 7 heteroatoms. The van der Waals surface area contributed by atoms with E-state index in [9.17, 15) is 4.79 Å². The van der Waals surface area contributed by atoms with Crippen molar-refractivity contribution in [1.82, 2.24) is 19.9 Å². The van der Waals surface area contributed by atoms with Crippen LogP contribution in [0.5, 0.6) is 0 Å². The lowest BCUT2D eigenvalue weighted by molar-refractivity contribution is 0.0259.